The summed E-state index contributed by atoms with van der Waals surface area (Å²) in [4.78, 5) is 27.1. The van der Waals surface area contributed by atoms with E-state index in [-0.39, 0.29) is 17.2 Å². The Bertz CT molecular complexity index is 967. The van der Waals surface area contributed by atoms with Gasteiger partial charge in [0.1, 0.15) is 5.66 Å². The van der Waals surface area contributed by atoms with Gasteiger partial charge in [-0.25, -0.2) is 8.78 Å². The molecule has 7 heteroatoms. The highest BCUT2D eigenvalue weighted by Gasteiger charge is 2.41. The SMILES string of the molecule is CCCCc1ccc(C(=O)N2CCC3(CC2)NC(=O)c2cc(F)c(F)cc2N3)cc1. The predicted octanol–water partition coefficient (Wildman–Crippen LogP) is 4.10. The van der Waals surface area contributed by atoms with Crippen molar-refractivity contribution in [3.8, 4) is 0 Å². The molecule has 2 aromatic carbocycles. The van der Waals surface area contributed by atoms with Gasteiger partial charge in [0.05, 0.1) is 11.3 Å². The number of carbonyl (C=O) groups is 2. The van der Waals surface area contributed by atoms with Crippen LogP contribution in [-0.2, 0) is 6.42 Å². The van der Waals surface area contributed by atoms with Crippen molar-refractivity contribution >= 4 is 17.5 Å². The summed E-state index contributed by atoms with van der Waals surface area (Å²) in [7, 11) is 0. The number of likely N-dealkylation sites (tertiary alicyclic amines) is 1. The highest BCUT2D eigenvalue weighted by molar-refractivity contribution is 6.02. The maximum absolute atomic E-state index is 13.6. The second-order valence-corrected chi connectivity index (χ2v) is 8.07. The molecule has 0 aromatic heterocycles. The molecule has 0 bridgehead atoms. The lowest BCUT2D eigenvalue weighted by molar-refractivity contribution is 0.0639. The zero-order valence-electron chi connectivity index (χ0n) is 16.9. The summed E-state index contributed by atoms with van der Waals surface area (Å²) >= 11 is 0. The topological polar surface area (TPSA) is 61.4 Å². The summed E-state index contributed by atoms with van der Waals surface area (Å²) in [5.74, 6) is -2.53. The average molecular weight is 413 g/mol. The molecule has 1 saturated heterocycles. The highest BCUT2D eigenvalue weighted by Crippen LogP contribution is 2.33. The van der Waals surface area contributed by atoms with Crippen LogP contribution in [0.25, 0.3) is 0 Å². The van der Waals surface area contributed by atoms with E-state index < -0.39 is 23.2 Å². The molecule has 2 aliphatic heterocycles. The molecule has 2 aliphatic rings. The number of nitrogens with one attached hydrogen (secondary N) is 2. The third kappa shape index (κ3) is 3.88. The summed E-state index contributed by atoms with van der Waals surface area (Å²) in [6, 6.07) is 9.66. The van der Waals surface area contributed by atoms with Crippen LogP contribution in [0.4, 0.5) is 14.5 Å². The second-order valence-electron chi connectivity index (χ2n) is 8.07. The fraction of sp³-hybridized carbons (Fsp3) is 0.391. The van der Waals surface area contributed by atoms with E-state index in [0.717, 1.165) is 31.4 Å². The van der Waals surface area contributed by atoms with E-state index in [1.54, 1.807) is 4.90 Å². The average Bonchev–Trinajstić information content (AvgIpc) is 2.74. The molecule has 0 saturated carbocycles. The van der Waals surface area contributed by atoms with Crippen LogP contribution in [-0.4, -0.2) is 35.5 Å². The van der Waals surface area contributed by atoms with Crippen molar-refractivity contribution in [1.29, 1.82) is 0 Å². The van der Waals surface area contributed by atoms with Crippen LogP contribution in [0.2, 0.25) is 0 Å². The third-order valence-electron chi connectivity index (χ3n) is 5.96. The fourth-order valence-corrected chi connectivity index (χ4v) is 4.13. The minimum atomic E-state index is -1.05. The predicted molar refractivity (Wildman–Crippen MR) is 110 cm³/mol. The molecule has 0 atom stereocenters. The fourth-order valence-electron chi connectivity index (χ4n) is 4.13. The van der Waals surface area contributed by atoms with E-state index in [4.69, 9.17) is 0 Å². The first-order valence-electron chi connectivity index (χ1n) is 10.4. The van der Waals surface area contributed by atoms with Crippen LogP contribution in [0.15, 0.2) is 36.4 Å². The smallest absolute Gasteiger partial charge is 0.255 e. The van der Waals surface area contributed by atoms with E-state index in [2.05, 4.69) is 17.6 Å². The van der Waals surface area contributed by atoms with Gasteiger partial charge in [-0.05, 0) is 36.6 Å². The number of piperidine rings is 1. The molecule has 2 heterocycles. The second kappa shape index (κ2) is 8.05. The molecular formula is C23H25F2N3O2. The van der Waals surface area contributed by atoms with Gasteiger partial charge in [0.25, 0.3) is 11.8 Å². The molecule has 0 unspecified atom stereocenters. The minimum Gasteiger partial charge on any atom is -0.362 e. The lowest BCUT2D eigenvalue weighted by Crippen LogP contribution is -2.62. The van der Waals surface area contributed by atoms with Gasteiger partial charge < -0.3 is 15.5 Å². The Labute approximate surface area is 174 Å². The zero-order valence-corrected chi connectivity index (χ0v) is 16.9. The maximum atomic E-state index is 13.6. The molecule has 4 rings (SSSR count). The van der Waals surface area contributed by atoms with Gasteiger partial charge in [0.15, 0.2) is 11.6 Å². The lowest BCUT2D eigenvalue weighted by atomic mass is 9.92. The number of aryl methyl sites for hydroxylation is 1. The van der Waals surface area contributed by atoms with Crippen LogP contribution in [0.1, 0.15) is 58.9 Å². The number of amides is 2. The number of nitrogens with zero attached hydrogens (tertiary/aromatic N) is 1. The number of benzene rings is 2. The minimum absolute atomic E-state index is 0.0393. The van der Waals surface area contributed by atoms with E-state index in [0.29, 0.717) is 31.5 Å². The van der Waals surface area contributed by atoms with Crippen molar-refractivity contribution in [3.05, 3.63) is 64.7 Å². The number of halogens is 2. The Hall–Kier alpha value is -2.96. The standard InChI is InChI=1S/C23H25F2N3O2/c1-2-3-4-15-5-7-16(8-6-15)22(30)28-11-9-23(10-12-28)26-20-14-19(25)18(24)13-17(20)21(29)27-23/h5-8,13-14,26H,2-4,9-12H2,1H3,(H,27,29). The monoisotopic (exact) mass is 413 g/mol. The number of hydrogen-bond donors (Lipinski definition) is 2. The number of anilines is 1. The first-order chi connectivity index (χ1) is 14.4. The summed E-state index contributed by atoms with van der Waals surface area (Å²) in [6.07, 6.45) is 4.20. The van der Waals surface area contributed by atoms with Gasteiger partial charge >= 0.3 is 0 Å². The van der Waals surface area contributed by atoms with Crippen LogP contribution in [0.3, 0.4) is 0 Å². The molecule has 2 N–H and O–H groups in total. The van der Waals surface area contributed by atoms with Crippen molar-refractivity contribution in [2.24, 2.45) is 0 Å². The van der Waals surface area contributed by atoms with Gasteiger partial charge in [-0.1, -0.05) is 25.5 Å². The number of fused-ring (bicyclic) bond motifs is 1. The Morgan fingerprint density at radius 2 is 1.73 bits per heavy atom. The largest absolute Gasteiger partial charge is 0.362 e. The molecule has 158 valence electrons. The van der Waals surface area contributed by atoms with E-state index in [9.17, 15) is 18.4 Å². The Balaban J connectivity index is 1.42. The van der Waals surface area contributed by atoms with Crippen molar-refractivity contribution in [3.63, 3.8) is 0 Å². The first kappa shape index (κ1) is 20.3. The normalized spacial score (nSPS) is 17.3. The molecule has 2 aromatic rings. The molecule has 0 radical (unpaired) electrons. The Morgan fingerprint density at radius 3 is 2.40 bits per heavy atom. The quantitative estimate of drug-likeness (QED) is 0.794. The number of carbonyl (C=O) groups excluding carboxylic acids is 2. The van der Waals surface area contributed by atoms with Crippen molar-refractivity contribution < 1.29 is 18.4 Å². The molecule has 30 heavy (non-hydrogen) atoms. The number of rotatable bonds is 4. The van der Waals surface area contributed by atoms with Gasteiger partial charge in [-0.3, -0.25) is 9.59 Å². The van der Waals surface area contributed by atoms with Crippen molar-refractivity contribution in [2.75, 3.05) is 18.4 Å². The molecule has 2 amide bonds. The van der Waals surface area contributed by atoms with Crippen LogP contribution < -0.4 is 10.6 Å². The molecule has 0 aliphatic carbocycles. The third-order valence-corrected chi connectivity index (χ3v) is 5.96. The summed E-state index contributed by atoms with van der Waals surface area (Å²) < 4.78 is 27.1. The number of unbranched alkanes of at least 4 members (excludes halogenated alkanes) is 1. The molecule has 1 spiro atoms. The molecule has 1 fully saturated rings. The molecular weight excluding hydrogens is 388 g/mol. The van der Waals surface area contributed by atoms with Crippen LogP contribution in [0, 0.1) is 11.6 Å². The van der Waals surface area contributed by atoms with Crippen molar-refractivity contribution in [1.82, 2.24) is 10.2 Å². The van der Waals surface area contributed by atoms with Gasteiger partial charge in [-0.15, -0.1) is 0 Å². The lowest BCUT2D eigenvalue weighted by Gasteiger charge is -2.45. The van der Waals surface area contributed by atoms with Crippen LogP contribution >= 0.6 is 0 Å². The first-order valence-corrected chi connectivity index (χ1v) is 10.4. The molecule has 5 nitrogen and oxygen atoms in total. The van der Waals surface area contributed by atoms with Gasteiger partial charge in [0, 0.05) is 37.6 Å². The highest BCUT2D eigenvalue weighted by atomic mass is 19.2. The van der Waals surface area contributed by atoms with Gasteiger partial charge in [0.2, 0.25) is 0 Å². The maximum Gasteiger partial charge on any atom is 0.255 e. The van der Waals surface area contributed by atoms with Crippen molar-refractivity contribution in [2.45, 2.75) is 44.7 Å². The van der Waals surface area contributed by atoms with E-state index in [1.165, 1.54) is 5.56 Å². The van der Waals surface area contributed by atoms with Gasteiger partial charge in [-0.2, -0.15) is 0 Å². The summed E-state index contributed by atoms with van der Waals surface area (Å²) in [5.41, 5.74) is 1.47. The Kier molecular flexibility index (Phi) is 5.45. The van der Waals surface area contributed by atoms with E-state index in [1.807, 2.05) is 24.3 Å². The Morgan fingerprint density at radius 1 is 1.07 bits per heavy atom. The summed E-state index contributed by atoms with van der Waals surface area (Å²) in [5, 5.41) is 6.04. The number of hydrogen-bond acceptors (Lipinski definition) is 3. The zero-order chi connectivity index (χ0) is 21.3. The summed E-state index contributed by atoms with van der Waals surface area (Å²) in [6.45, 7) is 3.05. The van der Waals surface area contributed by atoms with Crippen LogP contribution in [0.5, 0.6) is 0 Å². The van der Waals surface area contributed by atoms with E-state index >= 15 is 0 Å².